The maximum Gasteiger partial charge on any atom is 0.463 e. The van der Waals surface area contributed by atoms with E-state index in [1.54, 1.807) is 0 Å². The van der Waals surface area contributed by atoms with E-state index in [0.29, 0.717) is 0 Å². The molecule has 3 aromatic rings. The first-order chi connectivity index (χ1) is 17.8. The number of hydrogen-bond donors (Lipinski definition) is 3. The molecule has 0 bridgehead atoms. The summed E-state index contributed by atoms with van der Waals surface area (Å²) in [6.07, 6.45) is 0. The Morgan fingerprint density at radius 1 is 0.385 bits per heavy atom. The van der Waals surface area contributed by atoms with Crippen molar-refractivity contribution in [1.29, 1.82) is 0 Å². The zero-order valence-corrected chi connectivity index (χ0v) is 17.7. The number of hydrogen-bond acceptors (Lipinski definition) is 3. The fourth-order valence-corrected chi connectivity index (χ4v) is 3.78. The van der Waals surface area contributed by atoms with Gasteiger partial charge in [0, 0.05) is 5.56 Å². The molecule has 3 N–H and O–H groups in total. The molecule has 0 aliphatic heterocycles. The Labute approximate surface area is 204 Å². The lowest BCUT2D eigenvalue weighted by molar-refractivity contribution is 0.0414. The molecule has 0 saturated heterocycles. The summed E-state index contributed by atoms with van der Waals surface area (Å²) in [7, 11) is -4.08. The molecule has 0 aromatic heterocycles. The van der Waals surface area contributed by atoms with Crippen molar-refractivity contribution in [2.24, 2.45) is 0 Å². The van der Waals surface area contributed by atoms with Crippen molar-refractivity contribution in [3.8, 4) is 0 Å². The lowest BCUT2D eigenvalue weighted by atomic mass is 9.55. The summed E-state index contributed by atoms with van der Waals surface area (Å²) in [5, 5.41) is 30.4. The maximum atomic E-state index is 14.7. The number of benzene rings is 3. The largest absolute Gasteiger partial charge is 0.463 e. The Kier molecular flexibility index (Phi) is 7.67. The molecule has 0 aliphatic carbocycles. The van der Waals surface area contributed by atoms with Crippen LogP contribution in [0.4, 0.5) is 65.9 Å². The van der Waals surface area contributed by atoms with Gasteiger partial charge in [-0.3, -0.25) is 0 Å². The van der Waals surface area contributed by atoms with Gasteiger partial charge in [-0.2, -0.15) is 0 Å². The van der Waals surface area contributed by atoms with E-state index in [1.807, 2.05) is 0 Å². The summed E-state index contributed by atoms with van der Waals surface area (Å²) in [4.78, 5) is 0. The minimum absolute atomic E-state index is 2.85. The highest BCUT2D eigenvalue weighted by Gasteiger charge is 2.58. The third-order valence-corrected chi connectivity index (χ3v) is 5.48. The first-order valence-electron chi connectivity index (χ1n) is 9.49. The van der Waals surface area contributed by atoms with Crippen molar-refractivity contribution < 1.29 is 81.0 Å². The van der Waals surface area contributed by atoms with Crippen molar-refractivity contribution in [3.05, 3.63) is 104 Å². The molecule has 3 nitrogen and oxygen atoms in total. The minimum atomic E-state index is -5.43. The quantitative estimate of drug-likeness (QED) is 0.174. The second-order valence-electron chi connectivity index (χ2n) is 7.53. The van der Waals surface area contributed by atoms with Crippen molar-refractivity contribution in [1.82, 2.24) is 0 Å². The predicted molar refractivity (Wildman–Crippen MR) is 94.6 cm³/mol. The molecular weight excluding hydrogens is 584 g/mol. The summed E-state index contributed by atoms with van der Waals surface area (Å²) in [5.41, 5.74) is -14.6. The number of halogens is 15. The van der Waals surface area contributed by atoms with Gasteiger partial charge in [-0.05, 0) is 0 Å². The van der Waals surface area contributed by atoms with Crippen molar-refractivity contribution >= 4 is 7.12 Å². The van der Waals surface area contributed by atoms with Crippen LogP contribution in [-0.4, -0.2) is 22.3 Å². The van der Waals surface area contributed by atoms with Gasteiger partial charge in [-0.15, -0.1) is 0 Å². The second kappa shape index (κ2) is 9.94. The van der Waals surface area contributed by atoms with Crippen molar-refractivity contribution in [3.63, 3.8) is 0 Å². The Morgan fingerprint density at radius 2 is 0.590 bits per heavy atom. The lowest BCUT2D eigenvalue weighted by Crippen LogP contribution is -2.48. The summed E-state index contributed by atoms with van der Waals surface area (Å²) in [6.45, 7) is 0. The molecule has 1 atom stereocenters. The fourth-order valence-electron chi connectivity index (χ4n) is 3.78. The molecule has 19 heteroatoms. The molecule has 210 valence electrons. The van der Waals surface area contributed by atoms with Crippen LogP contribution in [0.15, 0.2) is 0 Å². The van der Waals surface area contributed by atoms with Crippen LogP contribution >= 0.6 is 0 Å². The normalized spacial score (nSPS) is 12.8. The van der Waals surface area contributed by atoms with Crippen LogP contribution in [0, 0.1) is 87.3 Å². The molecule has 0 amide bonds. The van der Waals surface area contributed by atoms with Crippen LogP contribution in [0.3, 0.4) is 0 Å². The molecule has 0 fully saturated rings. The standard InChI is InChI=1S/C20H4BF15O3/c22-4-1(5(23)11(29)16(34)10(4)28)19(21(38)39)20(37,2-6(24)12(30)17(35)13(31)7(2)25)3-8(26)14(32)18(36)15(33)9(3)27/h19,37-39H. The zero-order valence-electron chi connectivity index (χ0n) is 17.7. The average Bonchev–Trinajstić information content (AvgIpc) is 2.88. The van der Waals surface area contributed by atoms with Crippen LogP contribution in [0.1, 0.15) is 22.5 Å². The molecular formula is C20H4BF15O3. The van der Waals surface area contributed by atoms with Crippen LogP contribution in [0.25, 0.3) is 0 Å². The minimum Gasteiger partial charge on any atom is -0.427 e. The molecule has 39 heavy (non-hydrogen) atoms. The maximum absolute atomic E-state index is 14.7. The Hall–Kier alpha value is -3.45. The van der Waals surface area contributed by atoms with E-state index in [2.05, 4.69) is 0 Å². The van der Waals surface area contributed by atoms with Crippen molar-refractivity contribution in [2.45, 2.75) is 11.4 Å². The average molecular weight is 588 g/mol. The molecule has 0 spiro atoms. The second-order valence-corrected chi connectivity index (χ2v) is 7.53. The molecule has 3 aromatic carbocycles. The van der Waals surface area contributed by atoms with Gasteiger partial charge in [0.1, 0.15) is 5.60 Å². The summed E-state index contributed by atoms with van der Waals surface area (Å²) >= 11 is 0. The van der Waals surface area contributed by atoms with E-state index in [9.17, 15) is 81.0 Å². The van der Waals surface area contributed by atoms with Gasteiger partial charge >= 0.3 is 7.12 Å². The zero-order chi connectivity index (χ0) is 30.0. The monoisotopic (exact) mass is 588 g/mol. The van der Waals surface area contributed by atoms with Crippen molar-refractivity contribution in [2.75, 3.05) is 0 Å². The van der Waals surface area contributed by atoms with E-state index in [0.717, 1.165) is 0 Å². The highest BCUT2D eigenvalue weighted by molar-refractivity contribution is 6.44. The topological polar surface area (TPSA) is 60.7 Å². The van der Waals surface area contributed by atoms with Crippen LogP contribution < -0.4 is 0 Å². The molecule has 0 saturated carbocycles. The summed E-state index contributed by atoms with van der Waals surface area (Å²) in [6, 6.07) is 0. The van der Waals surface area contributed by atoms with E-state index in [-0.39, 0.29) is 0 Å². The molecule has 0 radical (unpaired) electrons. The van der Waals surface area contributed by atoms with Crippen LogP contribution in [-0.2, 0) is 5.60 Å². The Bertz CT molecular complexity index is 1370. The van der Waals surface area contributed by atoms with Gasteiger partial charge in [-0.1, -0.05) is 0 Å². The van der Waals surface area contributed by atoms with Gasteiger partial charge in [0.05, 0.1) is 16.9 Å². The highest BCUT2D eigenvalue weighted by atomic mass is 19.2. The molecule has 0 heterocycles. The van der Waals surface area contributed by atoms with E-state index in [4.69, 9.17) is 0 Å². The first kappa shape index (κ1) is 30.1. The van der Waals surface area contributed by atoms with Crippen LogP contribution in [0.2, 0.25) is 0 Å². The van der Waals surface area contributed by atoms with Gasteiger partial charge in [0.15, 0.2) is 69.8 Å². The molecule has 1 unspecified atom stereocenters. The third-order valence-electron chi connectivity index (χ3n) is 5.48. The van der Waals surface area contributed by atoms with E-state index < -0.39 is 122 Å². The Morgan fingerprint density at radius 3 is 0.821 bits per heavy atom. The van der Waals surface area contributed by atoms with Gasteiger partial charge in [0.25, 0.3) is 0 Å². The SMILES string of the molecule is OB(O)C(c1c(F)c(F)c(F)c(F)c1F)C(O)(c1c(F)c(F)c(F)c(F)c1F)c1c(F)c(F)c(F)c(F)c1F. The van der Waals surface area contributed by atoms with Crippen LogP contribution in [0.5, 0.6) is 0 Å². The highest BCUT2D eigenvalue weighted by Crippen LogP contribution is 2.50. The fraction of sp³-hybridized carbons (Fsp3) is 0.100. The number of aliphatic hydroxyl groups is 1. The van der Waals surface area contributed by atoms with Gasteiger partial charge in [0.2, 0.25) is 17.5 Å². The van der Waals surface area contributed by atoms with E-state index >= 15 is 0 Å². The third kappa shape index (κ3) is 4.10. The summed E-state index contributed by atoms with van der Waals surface area (Å²) in [5.74, 6) is -52.3. The number of rotatable bonds is 5. The first-order valence-corrected chi connectivity index (χ1v) is 9.49. The van der Waals surface area contributed by atoms with Gasteiger partial charge < -0.3 is 15.2 Å². The summed E-state index contributed by atoms with van der Waals surface area (Å²) < 4.78 is 212. The molecule has 3 rings (SSSR count). The lowest BCUT2D eigenvalue weighted by Gasteiger charge is -2.38. The van der Waals surface area contributed by atoms with Gasteiger partial charge in [-0.25, -0.2) is 65.9 Å². The predicted octanol–water partition coefficient (Wildman–Crippen LogP) is 4.80. The van der Waals surface area contributed by atoms with E-state index in [1.165, 1.54) is 0 Å². The molecule has 0 aliphatic rings. The smallest absolute Gasteiger partial charge is 0.427 e. The Balaban J connectivity index is 2.76.